The van der Waals surface area contributed by atoms with Crippen LogP contribution in [-0.2, 0) is 0 Å². The summed E-state index contributed by atoms with van der Waals surface area (Å²) in [7, 11) is 0. The third-order valence-corrected chi connectivity index (χ3v) is 3.52. The van der Waals surface area contributed by atoms with Crippen LogP contribution in [0.25, 0.3) is 10.9 Å². The largest absolute Gasteiger partial charge is 0.321 e. The Labute approximate surface area is 131 Å². The van der Waals surface area contributed by atoms with Gasteiger partial charge in [-0.3, -0.25) is 19.9 Å². The van der Waals surface area contributed by atoms with Crippen molar-refractivity contribution in [2.24, 2.45) is 0 Å². The molecular weight excluding hydrogens is 294 g/mol. The molecule has 0 radical (unpaired) electrons. The van der Waals surface area contributed by atoms with Crippen molar-refractivity contribution in [3.8, 4) is 0 Å². The summed E-state index contributed by atoms with van der Waals surface area (Å²) in [6.45, 7) is 1.63. The van der Waals surface area contributed by atoms with Crippen molar-refractivity contribution < 1.29 is 9.72 Å². The Morgan fingerprint density at radius 3 is 2.74 bits per heavy atom. The Morgan fingerprint density at radius 2 is 1.96 bits per heavy atom. The zero-order valence-electron chi connectivity index (χ0n) is 12.3. The second-order valence-corrected chi connectivity index (χ2v) is 5.13. The molecule has 0 unspecified atom stereocenters. The number of nitrogens with one attached hydrogen (secondary N) is 1. The molecule has 0 aliphatic heterocycles. The van der Waals surface area contributed by atoms with Gasteiger partial charge >= 0.3 is 0 Å². The molecule has 0 fully saturated rings. The maximum atomic E-state index is 12.3. The Kier molecular flexibility index (Phi) is 3.72. The first-order valence-electron chi connectivity index (χ1n) is 6.96. The van der Waals surface area contributed by atoms with Crippen LogP contribution in [0.2, 0.25) is 0 Å². The molecule has 0 bridgehead atoms. The van der Waals surface area contributed by atoms with Gasteiger partial charge in [-0.2, -0.15) is 0 Å². The maximum absolute atomic E-state index is 12.3. The van der Waals surface area contributed by atoms with E-state index in [0.29, 0.717) is 11.3 Å². The molecule has 1 N–H and O–H groups in total. The topological polar surface area (TPSA) is 85.1 Å². The fraction of sp³-hybridized carbons (Fsp3) is 0.0588. The molecule has 0 saturated carbocycles. The van der Waals surface area contributed by atoms with E-state index in [2.05, 4.69) is 10.3 Å². The lowest BCUT2D eigenvalue weighted by Gasteiger charge is -2.07. The van der Waals surface area contributed by atoms with Crippen molar-refractivity contribution in [1.29, 1.82) is 0 Å². The summed E-state index contributed by atoms with van der Waals surface area (Å²) in [4.78, 5) is 27.0. The summed E-state index contributed by atoms with van der Waals surface area (Å²) < 4.78 is 0. The highest BCUT2D eigenvalue weighted by Gasteiger charge is 2.15. The number of anilines is 1. The molecule has 0 aliphatic carbocycles. The van der Waals surface area contributed by atoms with Gasteiger partial charge in [-0.1, -0.05) is 24.3 Å². The molecule has 1 aromatic heterocycles. The molecule has 0 atom stereocenters. The number of rotatable bonds is 3. The Bertz CT molecular complexity index is 922. The second kappa shape index (κ2) is 5.84. The molecule has 114 valence electrons. The van der Waals surface area contributed by atoms with Crippen LogP contribution in [0.15, 0.2) is 54.7 Å². The van der Waals surface area contributed by atoms with Gasteiger partial charge in [-0.05, 0) is 25.1 Å². The number of nitro benzene ring substituents is 1. The number of benzene rings is 2. The number of aromatic nitrogens is 1. The monoisotopic (exact) mass is 307 g/mol. The summed E-state index contributed by atoms with van der Waals surface area (Å²) in [6.07, 6.45) is 1.56. The Morgan fingerprint density at radius 1 is 1.17 bits per heavy atom. The molecule has 0 spiro atoms. The maximum Gasteiger partial charge on any atom is 0.273 e. The number of aryl methyl sites for hydroxylation is 1. The average Bonchev–Trinajstić information content (AvgIpc) is 2.54. The van der Waals surface area contributed by atoms with E-state index in [-0.39, 0.29) is 11.3 Å². The van der Waals surface area contributed by atoms with E-state index in [0.717, 1.165) is 10.9 Å². The predicted octanol–water partition coefficient (Wildman–Crippen LogP) is 3.70. The van der Waals surface area contributed by atoms with Gasteiger partial charge in [0.05, 0.1) is 22.3 Å². The van der Waals surface area contributed by atoms with E-state index in [1.54, 1.807) is 25.3 Å². The highest BCUT2D eigenvalue weighted by molar-refractivity contribution is 6.05. The van der Waals surface area contributed by atoms with Crippen LogP contribution in [0.5, 0.6) is 0 Å². The number of fused-ring (bicyclic) bond motifs is 1. The smallest absolute Gasteiger partial charge is 0.273 e. The van der Waals surface area contributed by atoms with E-state index in [1.807, 2.05) is 30.3 Å². The molecule has 3 aromatic rings. The molecular formula is C17H13N3O3. The van der Waals surface area contributed by atoms with Crippen LogP contribution in [-0.4, -0.2) is 15.8 Å². The predicted molar refractivity (Wildman–Crippen MR) is 87.5 cm³/mol. The van der Waals surface area contributed by atoms with E-state index in [1.165, 1.54) is 6.07 Å². The first-order valence-corrected chi connectivity index (χ1v) is 6.96. The minimum absolute atomic E-state index is 0.0747. The quantitative estimate of drug-likeness (QED) is 0.590. The van der Waals surface area contributed by atoms with Gasteiger partial charge in [0.15, 0.2) is 0 Å². The Hall–Kier alpha value is -3.28. The number of pyridine rings is 1. The molecule has 1 amide bonds. The van der Waals surface area contributed by atoms with E-state index in [9.17, 15) is 14.9 Å². The molecule has 6 heteroatoms. The van der Waals surface area contributed by atoms with Crippen LogP contribution in [0.3, 0.4) is 0 Å². The van der Waals surface area contributed by atoms with E-state index < -0.39 is 10.8 Å². The van der Waals surface area contributed by atoms with Crippen molar-refractivity contribution in [1.82, 2.24) is 4.98 Å². The number of nitro groups is 1. The van der Waals surface area contributed by atoms with Gasteiger partial charge in [-0.15, -0.1) is 0 Å². The number of amides is 1. The number of para-hydroxylation sites is 1. The normalized spacial score (nSPS) is 10.5. The van der Waals surface area contributed by atoms with Crippen molar-refractivity contribution in [3.63, 3.8) is 0 Å². The van der Waals surface area contributed by atoms with Crippen LogP contribution in [0.4, 0.5) is 11.4 Å². The minimum atomic E-state index is -0.496. The fourth-order valence-electron chi connectivity index (χ4n) is 2.29. The SMILES string of the molecule is Cc1ccc(C(=O)Nc2cnc3ccccc3c2)cc1[N+](=O)[O-]. The number of hydrogen-bond donors (Lipinski definition) is 1. The molecule has 6 nitrogen and oxygen atoms in total. The van der Waals surface area contributed by atoms with Crippen LogP contribution in [0.1, 0.15) is 15.9 Å². The third-order valence-electron chi connectivity index (χ3n) is 3.52. The van der Waals surface area contributed by atoms with Crippen molar-refractivity contribution in [2.75, 3.05) is 5.32 Å². The van der Waals surface area contributed by atoms with Crippen molar-refractivity contribution in [2.45, 2.75) is 6.92 Å². The van der Waals surface area contributed by atoms with Gasteiger partial charge < -0.3 is 5.32 Å². The summed E-state index contributed by atoms with van der Waals surface area (Å²) in [5.74, 6) is -0.412. The van der Waals surface area contributed by atoms with Gasteiger partial charge in [0.25, 0.3) is 11.6 Å². The lowest BCUT2D eigenvalue weighted by Crippen LogP contribution is -2.12. The van der Waals surface area contributed by atoms with E-state index >= 15 is 0 Å². The zero-order valence-corrected chi connectivity index (χ0v) is 12.3. The van der Waals surface area contributed by atoms with Gasteiger partial charge in [0.1, 0.15) is 0 Å². The van der Waals surface area contributed by atoms with Crippen LogP contribution < -0.4 is 5.32 Å². The summed E-state index contributed by atoms with van der Waals surface area (Å²) in [5.41, 5.74) is 2.04. The highest BCUT2D eigenvalue weighted by Crippen LogP contribution is 2.21. The molecule has 1 heterocycles. The van der Waals surface area contributed by atoms with Gasteiger partial charge in [0, 0.05) is 22.6 Å². The number of carbonyl (C=O) groups excluding carboxylic acids is 1. The van der Waals surface area contributed by atoms with Crippen LogP contribution >= 0.6 is 0 Å². The standard InChI is InChI=1S/C17H13N3O3/c1-11-6-7-13(9-16(11)20(22)23)17(21)19-14-8-12-4-2-3-5-15(12)18-10-14/h2-10H,1H3,(H,19,21). The number of nitrogens with zero attached hydrogens (tertiary/aromatic N) is 2. The fourth-order valence-corrected chi connectivity index (χ4v) is 2.29. The molecule has 3 rings (SSSR count). The minimum Gasteiger partial charge on any atom is -0.321 e. The lowest BCUT2D eigenvalue weighted by atomic mass is 10.1. The molecule has 23 heavy (non-hydrogen) atoms. The zero-order chi connectivity index (χ0) is 16.4. The summed E-state index contributed by atoms with van der Waals surface area (Å²) in [6, 6.07) is 13.8. The van der Waals surface area contributed by atoms with Gasteiger partial charge in [-0.25, -0.2) is 0 Å². The van der Waals surface area contributed by atoms with Crippen LogP contribution in [0, 0.1) is 17.0 Å². The highest BCUT2D eigenvalue weighted by atomic mass is 16.6. The summed E-state index contributed by atoms with van der Waals surface area (Å²) >= 11 is 0. The number of carbonyl (C=O) groups is 1. The molecule has 0 saturated heterocycles. The summed E-state index contributed by atoms with van der Waals surface area (Å²) in [5, 5.41) is 14.6. The van der Waals surface area contributed by atoms with Crippen molar-refractivity contribution in [3.05, 3.63) is 76.0 Å². The van der Waals surface area contributed by atoms with Crippen molar-refractivity contribution >= 4 is 28.2 Å². The third kappa shape index (κ3) is 3.01. The second-order valence-electron chi connectivity index (χ2n) is 5.13. The number of hydrogen-bond acceptors (Lipinski definition) is 4. The first kappa shape index (κ1) is 14.6. The first-order chi connectivity index (χ1) is 11.0. The molecule has 2 aromatic carbocycles. The Balaban J connectivity index is 1.88. The van der Waals surface area contributed by atoms with Gasteiger partial charge in [0.2, 0.25) is 0 Å². The van der Waals surface area contributed by atoms with E-state index in [4.69, 9.17) is 0 Å². The lowest BCUT2D eigenvalue weighted by molar-refractivity contribution is -0.385. The average molecular weight is 307 g/mol. The molecule has 0 aliphatic rings.